The maximum Gasteiger partial charge on any atom is 0.235 e. The molecular weight excluding hydrogens is 285 g/mol. The Morgan fingerprint density at radius 3 is 1.67 bits per heavy atom. The predicted molar refractivity (Wildman–Crippen MR) is 50.7 cm³/mol. The standard InChI is InChI=1S/C8H6F5NO3S/c9-3-4(10)6(12)8(7(13)5(3)11)14-18(16,17)2-1-15/h14-15H,1-2H2. The second kappa shape index (κ2) is 5.06. The van der Waals surface area contributed by atoms with Crippen molar-refractivity contribution >= 4 is 15.7 Å². The van der Waals surface area contributed by atoms with Crippen LogP contribution in [0.1, 0.15) is 0 Å². The van der Waals surface area contributed by atoms with Crippen molar-refractivity contribution in [2.24, 2.45) is 0 Å². The summed E-state index contributed by atoms with van der Waals surface area (Å²) in [7, 11) is -4.41. The van der Waals surface area contributed by atoms with E-state index in [1.54, 1.807) is 0 Å². The average Bonchev–Trinajstić information content (AvgIpc) is 2.30. The van der Waals surface area contributed by atoms with E-state index in [1.165, 1.54) is 4.72 Å². The van der Waals surface area contributed by atoms with Crippen LogP contribution in [-0.2, 0) is 10.0 Å². The number of hydrogen-bond acceptors (Lipinski definition) is 3. The lowest BCUT2D eigenvalue weighted by molar-refractivity contribution is 0.320. The van der Waals surface area contributed by atoms with Gasteiger partial charge in [-0.05, 0) is 0 Å². The van der Waals surface area contributed by atoms with Crippen molar-refractivity contribution in [3.63, 3.8) is 0 Å². The Labute approximate surface area is 98.1 Å². The highest BCUT2D eigenvalue weighted by Crippen LogP contribution is 2.27. The van der Waals surface area contributed by atoms with E-state index in [0.717, 1.165) is 0 Å². The molecule has 0 aliphatic carbocycles. The van der Waals surface area contributed by atoms with Crippen molar-refractivity contribution < 1.29 is 35.5 Å². The van der Waals surface area contributed by atoms with E-state index in [9.17, 15) is 30.4 Å². The van der Waals surface area contributed by atoms with Gasteiger partial charge in [0.15, 0.2) is 23.3 Å². The van der Waals surface area contributed by atoms with Crippen molar-refractivity contribution in [1.29, 1.82) is 0 Å². The first-order chi connectivity index (χ1) is 8.21. The summed E-state index contributed by atoms with van der Waals surface area (Å²) in [5.74, 6) is -12.5. The van der Waals surface area contributed by atoms with Gasteiger partial charge in [-0.15, -0.1) is 0 Å². The quantitative estimate of drug-likeness (QED) is 0.496. The zero-order valence-corrected chi connectivity index (χ0v) is 9.29. The second-order valence-corrected chi connectivity index (χ2v) is 4.93. The van der Waals surface area contributed by atoms with Gasteiger partial charge in [0.05, 0.1) is 12.4 Å². The molecule has 4 nitrogen and oxygen atoms in total. The number of aliphatic hydroxyl groups excluding tert-OH is 1. The number of hydrogen-bond donors (Lipinski definition) is 2. The van der Waals surface area contributed by atoms with Crippen LogP contribution in [0, 0.1) is 29.1 Å². The molecule has 0 bridgehead atoms. The highest BCUT2D eigenvalue weighted by molar-refractivity contribution is 7.92. The smallest absolute Gasteiger partial charge is 0.235 e. The third kappa shape index (κ3) is 2.70. The van der Waals surface area contributed by atoms with Gasteiger partial charge in [0.1, 0.15) is 5.69 Å². The van der Waals surface area contributed by atoms with Crippen LogP contribution >= 0.6 is 0 Å². The third-order valence-corrected chi connectivity index (χ3v) is 3.06. The van der Waals surface area contributed by atoms with Crippen LogP contribution in [0.5, 0.6) is 0 Å². The Morgan fingerprint density at radius 2 is 1.28 bits per heavy atom. The van der Waals surface area contributed by atoms with E-state index in [2.05, 4.69) is 0 Å². The zero-order valence-electron chi connectivity index (χ0n) is 8.48. The molecule has 102 valence electrons. The van der Waals surface area contributed by atoms with Crippen LogP contribution in [0.4, 0.5) is 27.6 Å². The van der Waals surface area contributed by atoms with Gasteiger partial charge in [-0.2, -0.15) is 0 Å². The fourth-order valence-corrected chi connectivity index (χ4v) is 1.85. The Morgan fingerprint density at radius 1 is 0.889 bits per heavy atom. The average molecular weight is 291 g/mol. The molecule has 1 rings (SSSR count). The molecule has 18 heavy (non-hydrogen) atoms. The van der Waals surface area contributed by atoms with Gasteiger partial charge in [-0.3, -0.25) is 4.72 Å². The number of rotatable bonds is 4. The molecule has 0 atom stereocenters. The minimum Gasteiger partial charge on any atom is -0.395 e. The lowest BCUT2D eigenvalue weighted by Crippen LogP contribution is -2.21. The topological polar surface area (TPSA) is 66.4 Å². The first-order valence-corrected chi connectivity index (χ1v) is 5.99. The first-order valence-electron chi connectivity index (χ1n) is 4.34. The maximum atomic E-state index is 13.1. The van der Waals surface area contributed by atoms with Gasteiger partial charge < -0.3 is 5.11 Å². The summed E-state index contributed by atoms with van der Waals surface area (Å²) in [6, 6.07) is 0. The summed E-state index contributed by atoms with van der Waals surface area (Å²) in [4.78, 5) is 0. The summed E-state index contributed by atoms with van der Waals surface area (Å²) in [6.07, 6.45) is 0. The predicted octanol–water partition coefficient (Wildman–Crippen LogP) is 1.12. The molecule has 0 saturated carbocycles. The molecule has 10 heteroatoms. The van der Waals surface area contributed by atoms with Crippen LogP contribution in [-0.4, -0.2) is 25.9 Å². The normalized spacial score (nSPS) is 11.7. The van der Waals surface area contributed by atoms with Gasteiger partial charge in [-0.25, -0.2) is 30.4 Å². The van der Waals surface area contributed by atoms with Gasteiger partial charge in [0, 0.05) is 0 Å². The van der Waals surface area contributed by atoms with Gasteiger partial charge in [-0.1, -0.05) is 0 Å². The Kier molecular flexibility index (Phi) is 4.12. The summed E-state index contributed by atoms with van der Waals surface area (Å²) >= 11 is 0. The number of halogens is 5. The van der Waals surface area contributed by atoms with Crippen molar-refractivity contribution in [2.45, 2.75) is 0 Å². The fraction of sp³-hybridized carbons (Fsp3) is 0.250. The van der Waals surface area contributed by atoms with E-state index >= 15 is 0 Å². The maximum absolute atomic E-state index is 13.1. The Bertz CT molecular complexity index is 546. The minimum absolute atomic E-state index is 0.884. The molecule has 0 aliphatic rings. The Hall–Kier alpha value is -1.42. The second-order valence-electron chi connectivity index (χ2n) is 3.09. The third-order valence-electron chi connectivity index (χ3n) is 1.83. The van der Waals surface area contributed by atoms with E-state index < -0.39 is 57.2 Å². The van der Waals surface area contributed by atoms with Crippen LogP contribution in [0.15, 0.2) is 0 Å². The first kappa shape index (κ1) is 14.6. The van der Waals surface area contributed by atoms with Crippen LogP contribution in [0.25, 0.3) is 0 Å². The molecular formula is C8H6F5NO3S. The van der Waals surface area contributed by atoms with E-state index in [4.69, 9.17) is 5.11 Å². The van der Waals surface area contributed by atoms with Crippen molar-refractivity contribution in [3.8, 4) is 0 Å². The van der Waals surface area contributed by atoms with E-state index in [-0.39, 0.29) is 0 Å². The van der Waals surface area contributed by atoms with Gasteiger partial charge in [0.2, 0.25) is 15.8 Å². The lowest BCUT2D eigenvalue weighted by Gasteiger charge is -2.10. The van der Waals surface area contributed by atoms with Crippen LogP contribution < -0.4 is 4.72 Å². The molecule has 0 saturated heterocycles. The molecule has 0 heterocycles. The molecule has 0 spiro atoms. The highest BCUT2D eigenvalue weighted by Gasteiger charge is 2.28. The molecule has 0 amide bonds. The summed E-state index contributed by atoms with van der Waals surface area (Å²) in [6.45, 7) is -0.884. The molecule has 0 aliphatic heterocycles. The van der Waals surface area contributed by atoms with Gasteiger partial charge >= 0.3 is 0 Å². The zero-order chi connectivity index (χ0) is 14.1. The summed E-state index contributed by atoms with van der Waals surface area (Å²) < 4.78 is 87.5. The number of aliphatic hydroxyl groups is 1. The summed E-state index contributed by atoms with van der Waals surface area (Å²) in [5, 5.41) is 8.36. The van der Waals surface area contributed by atoms with Crippen molar-refractivity contribution in [1.82, 2.24) is 0 Å². The lowest BCUT2D eigenvalue weighted by atomic mass is 10.2. The van der Waals surface area contributed by atoms with E-state index in [0.29, 0.717) is 0 Å². The summed E-state index contributed by atoms with van der Waals surface area (Å²) in [5.41, 5.74) is -1.68. The minimum atomic E-state index is -4.41. The number of anilines is 1. The van der Waals surface area contributed by atoms with Crippen molar-refractivity contribution in [3.05, 3.63) is 29.1 Å². The number of sulfonamides is 1. The Balaban J connectivity index is 3.35. The van der Waals surface area contributed by atoms with Gasteiger partial charge in [0.25, 0.3) is 0 Å². The molecule has 0 radical (unpaired) electrons. The number of nitrogens with one attached hydrogen (secondary N) is 1. The van der Waals surface area contributed by atoms with Crippen LogP contribution in [0.2, 0.25) is 0 Å². The molecule has 1 aromatic carbocycles. The largest absolute Gasteiger partial charge is 0.395 e. The highest BCUT2D eigenvalue weighted by atomic mass is 32.2. The molecule has 0 aromatic heterocycles. The molecule has 0 fully saturated rings. The SMILES string of the molecule is O=S(=O)(CCO)Nc1c(F)c(F)c(F)c(F)c1F. The molecule has 0 unspecified atom stereocenters. The van der Waals surface area contributed by atoms with Crippen LogP contribution in [0.3, 0.4) is 0 Å². The molecule has 2 N–H and O–H groups in total. The van der Waals surface area contributed by atoms with Crippen molar-refractivity contribution in [2.75, 3.05) is 17.1 Å². The molecule has 1 aromatic rings. The fourth-order valence-electron chi connectivity index (χ4n) is 1.02. The monoisotopic (exact) mass is 291 g/mol. The van der Waals surface area contributed by atoms with E-state index in [1.807, 2.05) is 0 Å². The number of benzene rings is 1.